The first kappa shape index (κ1) is 14.3. The van der Waals surface area contributed by atoms with Crippen molar-refractivity contribution >= 4 is 33.0 Å². The van der Waals surface area contributed by atoms with Crippen molar-refractivity contribution in [2.75, 3.05) is 5.88 Å². The number of sulfonamides is 1. The molecule has 6 heteroatoms. The van der Waals surface area contributed by atoms with E-state index in [1.54, 1.807) is 6.07 Å². The summed E-state index contributed by atoms with van der Waals surface area (Å²) in [7, 11) is -3.42. The molecule has 0 aliphatic heterocycles. The zero-order valence-electron chi connectivity index (χ0n) is 10.4. The molecule has 3 nitrogen and oxygen atoms in total. The summed E-state index contributed by atoms with van der Waals surface area (Å²) in [6, 6.07) is 3.56. The summed E-state index contributed by atoms with van der Waals surface area (Å²) < 4.78 is 27.9. The Morgan fingerprint density at radius 3 is 2.56 bits per heavy atom. The van der Waals surface area contributed by atoms with Gasteiger partial charge in [-0.2, -0.15) is 0 Å². The molecule has 1 saturated carbocycles. The fraction of sp³-hybridized carbons (Fsp3) is 0.667. The Balaban J connectivity index is 2.21. The van der Waals surface area contributed by atoms with E-state index in [0.29, 0.717) is 10.1 Å². The molecule has 0 amide bonds. The fourth-order valence-electron chi connectivity index (χ4n) is 2.34. The first-order valence-corrected chi connectivity index (χ1v) is 9.03. The van der Waals surface area contributed by atoms with Crippen LogP contribution in [0.15, 0.2) is 16.3 Å². The van der Waals surface area contributed by atoms with Gasteiger partial charge in [0.1, 0.15) is 4.21 Å². The molecule has 0 aromatic carbocycles. The zero-order valence-corrected chi connectivity index (χ0v) is 12.8. The van der Waals surface area contributed by atoms with Gasteiger partial charge < -0.3 is 0 Å². The van der Waals surface area contributed by atoms with E-state index in [1.165, 1.54) is 11.3 Å². The average molecular weight is 308 g/mol. The maximum absolute atomic E-state index is 12.3. The van der Waals surface area contributed by atoms with Crippen LogP contribution in [0, 0.1) is 0 Å². The molecule has 2 rings (SSSR count). The number of thiophene rings is 1. The lowest BCUT2D eigenvalue weighted by Gasteiger charge is -2.26. The number of aryl methyl sites for hydroxylation is 1. The van der Waals surface area contributed by atoms with E-state index in [2.05, 4.69) is 4.72 Å². The minimum atomic E-state index is -3.42. The number of nitrogens with one attached hydrogen (secondary N) is 1. The van der Waals surface area contributed by atoms with Gasteiger partial charge in [0.2, 0.25) is 0 Å². The predicted octanol–water partition coefficient (Wildman–Crippen LogP) is 3.14. The van der Waals surface area contributed by atoms with Crippen molar-refractivity contribution in [2.45, 2.75) is 48.8 Å². The molecule has 18 heavy (non-hydrogen) atoms. The maximum atomic E-state index is 12.3. The second-order valence-corrected chi connectivity index (χ2v) is 8.15. The molecule has 1 aromatic rings. The average Bonchev–Trinajstić information content (AvgIpc) is 2.97. The lowest BCUT2D eigenvalue weighted by molar-refractivity contribution is 0.433. The van der Waals surface area contributed by atoms with Crippen molar-refractivity contribution in [2.24, 2.45) is 0 Å². The van der Waals surface area contributed by atoms with Gasteiger partial charge in [-0.15, -0.1) is 22.9 Å². The van der Waals surface area contributed by atoms with Crippen LogP contribution in [0.3, 0.4) is 0 Å². The summed E-state index contributed by atoms with van der Waals surface area (Å²) in [6.45, 7) is 2.02. The maximum Gasteiger partial charge on any atom is 0.250 e. The summed E-state index contributed by atoms with van der Waals surface area (Å²) >= 11 is 7.31. The highest BCUT2D eigenvalue weighted by atomic mass is 35.5. The van der Waals surface area contributed by atoms with Crippen molar-refractivity contribution in [3.05, 3.63) is 17.0 Å². The van der Waals surface area contributed by atoms with Crippen molar-refractivity contribution in [3.8, 4) is 0 Å². The normalized spacial score (nSPS) is 19.2. The third kappa shape index (κ3) is 2.90. The first-order chi connectivity index (χ1) is 8.51. The van der Waals surface area contributed by atoms with Crippen LogP contribution in [0.2, 0.25) is 0 Å². The van der Waals surface area contributed by atoms with Crippen molar-refractivity contribution in [1.82, 2.24) is 4.72 Å². The fourth-order valence-corrected chi connectivity index (χ4v) is 5.51. The van der Waals surface area contributed by atoms with Crippen LogP contribution in [0.25, 0.3) is 0 Å². The van der Waals surface area contributed by atoms with Gasteiger partial charge in [-0.3, -0.25) is 0 Å². The van der Waals surface area contributed by atoms with E-state index in [4.69, 9.17) is 11.6 Å². The van der Waals surface area contributed by atoms with Crippen LogP contribution in [-0.2, 0) is 16.4 Å². The lowest BCUT2D eigenvalue weighted by Crippen LogP contribution is -2.47. The summed E-state index contributed by atoms with van der Waals surface area (Å²) in [5.74, 6) is 0.345. The Kier molecular flexibility index (Phi) is 4.36. The molecule has 0 bridgehead atoms. The van der Waals surface area contributed by atoms with Crippen molar-refractivity contribution in [1.29, 1.82) is 0 Å². The summed E-state index contributed by atoms with van der Waals surface area (Å²) in [5.41, 5.74) is -0.434. The number of halogens is 1. The lowest BCUT2D eigenvalue weighted by atomic mass is 10.0. The van der Waals surface area contributed by atoms with Crippen molar-refractivity contribution in [3.63, 3.8) is 0 Å². The Morgan fingerprint density at radius 1 is 1.39 bits per heavy atom. The molecular formula is C12H18ClNO2S2. The molecule has 1 aromatic heterocycles. The number of hydrogen-bond donors (Lipinski definition) is 1. The number of rotatable bonds is 5. The van der Waals surface area contributed by atoms with E-state index in [-0.39, 0.29) is 0 Å². The van der Waals surface area contributed by atoms with Gasteiger partial charge in [0, 0.05) is 16.3 Å². The second kappa shape index (κ2) is 5.49. The minimum absolute atomic E-state index is 0.345. The summed E-state index contributed by atoms with van der Waals surface area (Å²) in [4.78, 5) is 1.08. The third-order valence-electron chi connectivity index (χ3n) is 3.42. The van der Waals surface area contributed by atoms with Gasteiger partial charge in [0.25, 0.3) is 10.0 Å². The smallest absolute Gasteiger partial charge is 0.206 e. The Morgan fingerprint density at radius 2 is 2.06 bits per heavy atom. The first-order valence-electron chi connectivity index (χ1n) is 6.20. The van der Waals surface area contributed by atoms with E-state index < -0.39 is 15.6 Å². The van der Waals surface area contributed by atoms with Crippen LogP contribution < -0.4 is 4.72 Å². The van der Waals surface area contributed by atoms with Gasteiger partial charge in [-0.05, 0) is 31.4 Å². The van der Waals surface area contributed by atoms with Crippen LogP contribution in [0.4, 0.5) is 0 Å². The Hall–Kier alpha value is -0.100. The highest BCUT2D eigenvalue weighted by Crippen LogP contribution is 2.33. The Labute approximate surface area is 118 Å². The molecular weight excluding hydrogens is 290 g/mol. The van der Waals surface area contributed by atoms with Crippen molar-refractivity contribution < 1.29 is 8.42 Å². The molecule has 1 aliphatic rings. The van der Waals surface area contributed by atoms with Gasteiger partial charge >= 0.3 is 0 Å². The summed E-state index contributed by atoms with van der Waals surface area (Å²) in [6.07, 6.45) is 4.62. The summed E-state index contributed by atoms with van der Waals surface area (Å²) in [5, 5.41) is 0. The quantitative estimate of drug-likeness (QED) is 0.849. The molecule has 0 spiro atoms. The van der Waals surface area contributed by atoms with Crippen LogP contribution in [-0.4, -0.2) is 19.8 Å². The van der Waals surface area contributed by atoms with Gasteiger partial charge in [-0.1, -0.05) is 19.8 Å². The molecule has 102 valence electrons. The number of alkyl halides is 1. The molecule has 0 saturated heterocycles. The predicted molar refractivity (Wildman–Crippen MR) is 75.9 cm³/mol. The highest BCUT2D eigenvalue weighted by Gasteiger charge is 2.37. The van der Waals surface area contributed by atoms with Crippen LogP contribution in [0.1, 0.15) is 37.5 Å². The molecule has 1 aliphatic carbocycles. The highest BCUT2D eigenvalue weighted by molar-refractivity contribution is 7.91. The molecule has 1 fully saturated rings. The molecule has 0 radical (unpaired) electrons. The third-order valence-corrected chi connectivity index (χ3v) is 7.23. The van der Waals surface area contributed by atoms with Crippen LogP contribution in [0.5, 0.6) is 0 Å². The molecule has 0 atom stereocenters. The largest absolute Gasteiger partial charge is 0.250 e. The Bertz CT molecular complexity index is 504. The topological polar surface area (TPSA) is 46.2 Å². The van der Waals surface area contributed by atoms with E-state index >= 15 is 0 Å². The number of hydrogen-bond acceptors (Lipinski definition) is 3. The SMILES string of the molecule is CCc1ccc(S(=O)(=O)NC2(CCl)CCCC2)s1. The monoisotopic (exact) mass is 307 g/mol. The van der Waals surface area contributed by atoms with Crippen LogP contribution >= 0.6 is 22.9 Å². The van der Waals surface area contributed by atoms with Gasteiger partial charge in [-0.25, -0.2) is 13.1 Å². The standard InChI is InChI=1S/C12H18ClNO2S2/c1-2-10-5-6-11(17-10)18(15,16)14-12(9-13)7-3-4-8-12/h5-6,14H,2-4,7-9H2,1H3. The second-order valence-electron chi connectivity index (χ2n) is 4.80. The molecule has 1 N–H and O–H groups in total. The molecule has 1 heterocycles. The molecule has 0 unspecified atom stereocenters. The van der Waals surface area contributed by atoms with E-state index in [1.807, 2.05) is 13.0 Å². The van der Waals surface area contributed by atoms with Gasteiger partial charge in [0.15, 0.2) is 0 Å². The minimum Gasteiger partial charge on any atom is -0.206 e. The van der Waals surface area contributed by atoms with E-state index in [9.17, 15) is 8.42 Å². The van der Waals surface area contributed by atoms with E-state index in [0.717, 1.165) is 37.0 Å². The van der Waals surface area contributed by atoms with Gasteiger partial charge in [0.05, 0.1) is 0 Å². The zero-order chi connectivity index (χ0) is 13.2.